The number of carbonyl (C=O) groups is 1. The van der Waals surface area contributed by atoms with Crippen LogP contribution in [0, 0.1) is 0 Å². The van der Waals surface area contributed by atoms with E-state index in [0.29, 0.717) is 39.2 Å². The Morgan fingerprint density at radius 2 is 1.84 bits per heavy atom. The number of nitrogens with one attached hydrogen (secondary N) is 1. The average Bonchev–Trinajstić information content (AvgIpc) is 2.56. The third-order valence-corrected chi connectivity index (χ3v) is 5.01. The minimum Gasteiger partial charge on any atom is -0.351 e. The number of halogens is 5. The van der Waals surface area contributed by atoms with Gasteiger partial charge in [0.1, 0.15) is 0 Å². The lowest BCUT2D eigenvalue weighted by Crippen LogP contribution is -2.25. The fraction of sp³-hybridized carbons (Fsp3) is 0.235. The summed E-state index contributed by atoms with van der Waals surface area (Å²) in [6.45, 7) is 0.392. The van der Waals surface area contributed by atoms with Crippen LogP contribution >= 0.6 is 35.0 Å². The van der Waals surface area contributed by atoms with Crippen LogP contribution in [0.4, 0.5) is 13.2 Å². The van der Waals surface area contributed by atoms with Crippen LogP contribution < -0.4 is 5.32 Å². The number of amides is 1. The highest BCUT2D eigenvalue weighted by atomic mass is 35.5. The van der Waals surface area contributed by atoms with Gasteiger partial charge in [-0.1, -0.05) is 41.4 Å². The second kappa shape index (κ2) is 8.83. The highest BCUT2D eigenvalue weighted by Gasteiger charge is 2.30. The normalized spacial score (nSPS) is 11.4. The molecular formula is C17H14Cl2F3NOS. The number of hydrogen-bond donors (Lipinski definition) is 1. The van der Waals surface area contributed by atoms with Crippen molar-refractivity contribution in [2.75, 3.05) is 12.3 Å². The van der Waals surface area contributed by atoms with E-state index in [0.717, 1.165) is 12.1 Å². The Hall–Kier alpha value is -1.37. The Labute approximate surface area is 157 Å². The third-order valence-electron chi connectivity index (χ3n) is 3.24. The zero-order chi connectivity index (χ0) is 18.4. The predicted molar refractivity (Wildman–Crippen MR) is 96.4 cm³/mol. The molecule has 1 N–H and O–H groups in total. The lowest BCUT2D eigenvalue weighted by atomic mass is 10.1. The number of carbonyl (C=O) groups excluding carboxylic acids is 1. The Morgan fingerprint density at radius 3 is 2.52 bits per heavy atom. The standard InChI is InChI=1S/C17H14Cl2F3NOS/c18-14-5-4-12(9-15(14)19)16(24)23-6-7-25-10-11-2-1-3-13(8-11)17(20,21)22/h1-5,8-9H,6-7,10H2,(H,23,24). The van der Waals surface area contributed by atoms with Crippen molar-refractivity contribution in [2.24, 2.45) is 0 Å². The second-order valence-corrected chi connectivity index (χ2v) is 7.06. The molecule has 2 aromatic rings. The molecule has 2 nitrogen and oxygen atoms in total. The summed E-state index contributed by atoms with van der Waals surface area (Å²) in [6.07, 6.45) is -4.34. The first-order valence-corrected chi connectivity index (χ1v) is 9.15. The lowest BCUT2D eigenvalue weighted by molar-refractivity contribution is -0.137. The van der Waals surface area contributed by atoms with Crippen molar-refractivity contribution in [3.63, 3.8) is 0 Å². The fourth-order valence-electron chi connectivity index (χ4n) is 2.00. The van der Waals surface area contributed by atoms with E-state index in [1.807, 2.05) is 0 Å². The molecule has 0 saturated heterocycles. The van der Waals surface area contributed by atoms with Crippen molar-refractivity contribution in [3.8, 4) is 0 Å². The molecule has 8 heteroatoms. The zero-order valence-corrected chi connectivity index (χ0v) is 15.2. The van der Waals surface area contributed by atoms with Crippen molar-refractivity contribution in [1.82, 2.24) is 5.32 Å². The molecule has 0 aliphatic heterocycles. The molecule has 134 valence electrons. The first-order valence-electron chi connectivity index (χ1n) is 7.24. The van der Waals surface area contributed by atoms with E-state index >= 15 is 0 Å². The number of benzene rings is 2. The van der Waals surface area contributed by atoms with Crippen LogP contribution in [0.3, 0.4) is 0 Å². The number of hydrogen-bond acceptors (Lipinski definition) is 2. The van der Waals surface area contributed by atoms with E-state index in [2.05, 4.69) is 5.32 Å². The minimum atomic E-state index is -4.34. The van der Waals surface area contributed by atoms with Gasteiger partial charge in [0.15, 0.2) is 0 Å². The summed E-state index contributed by atoms with van der Waals surface area (Å²) >= 11 is 13.1. The first-order chi connectivity index (χ1) is 11.8. The zero-order valence-electron chi connectivity index (χ0n) is 12.9. The number of rotatable bonds is 6. The highest BCUT2D eigenvalue weighted by Crippen LogP contribution is 2.30. The van der Waals surface area contributed by atoms with Gasteiger partial charge in [0.25, 0.3) is 5.91 Å². The SMILES string of the molecule is O=C(NCCSCc1cccc(C(F)(F)F)c1)c1ccc(Cl)c(Cl)c1. The van der Waals surface area contributed by atoms with Gasteiger partial charge in [-0.3, -0.25) is 4.79 Å². The molecule has 0 unspecified atom stereocenters. The van der Waals surface area contributed by atoms with Gasteiger partial charge in [-0.2, -0.15) is 24.9 Å². The van der Waals surface area contributed by atoms with Crippen molar-refractivity contribution >= 4 is 40.9 Å². The van der Waals surface area contributed by atoms with Gasteiger partial charge in [-0.05, 0) is 29.8 Å². The fourth-order valence-corrected chi connectivity index (χ4v) is 3.11. The maximum absolute atomic E-state index is 12.6. The van der Waals surface area contributed by atoms with Crippen molar-refractivity contribution in [1.29, 1.82) is 0 Å². The molecular weight excluding hydrogens is 394 g/mol. The summed E-state index contributed by atoms with van der Waals surface area (Å²) in [4.78, 5) is 11.9. The quantitative estimate of drug-likeness (QED) is 0.624. The van der Waals surface area contributed by atoms with E-state index in [1.54, 1.807) is 18.2 Å². The molecule has 0 aromatic heterocycles. The second-order valence-electron chi connectivity index (χ2n) is 5.14. The van der Waals surface area contributed by atoms with Crippen molar-refractivity contribution in [3.05, 3.63) is 69.2 Å². The summed E-state index contributed by atoms with van der Waals surface area (Å²) in [5.74, 6) is 0.730. The van der Waals surface area contributed by atoms with Gasteiger partial charge in [-0.25, -0.2) is 0 Å². The van der Waals surface area contributed by atoms with Crippen molar-refractivity contribution in [2.45, 2.75) is 11.9 Å². The van der Waals surface area contributed by atoms with Crippen LogP contribution in [0.15, 0.2) is 42.5 Å². The Balaban J connectivity index is 1.76. The Bertz CT molecular complexity index is 753. The first kappa shape index (κ1) is 19.9. The molecule has 0 radical (unpaired) electrons. The molecule has 25 heavy (non-hydrogen) atoms. The van der Waals surface area contributed by atoms with Crippen LogP contribution in [-0.4, -0.2) is 18.2 Å². The molecule has 2 rings (SSSR count). The molecule has 0 saturated carbocycles. The molecule has 2 aromatic carbocycles. The summed E-state index contributed by atoms with van der Waals surface area (Å²) < 4.78 is 37.9. The number of alkyl halides is 3. The summed E-state index contributed by atoms with van der Waals surface area (Å²) in [5, 5.41) is 3.40. The van der Waals surface area contributed by atoms with E-state index < -0.39 is 11.7 Å². The maximum Gasteiger partial charge on any atom is 0.416 e. The van der Waals surface area contributed by atoms with E-state index in [9.17, 15) is 18.0 Å². The Morgan fingerprint density at radius 1 is 1.08 bits per heavy atom. The molecule has 0 spiro atoms. The minimum absolute atomic E-state index is 0.279. The Kier molecular flexibility index (Phi) is 7.04. The smallest absolute Gasteiger partial charge is 0.351 e. The monoisotopic (exact) mass is 407 g/mol. The maximum atomic E-state index is 12.6. The predicted octanol–water partition coefficient (Wildman–Crippen LogP) is 5.68. The number of thioether (sulfide) groups is 1. The third kappa shape index (κ3) is 6.13. The van der Waals surface area contributed by atoms with Crippen LogP contribution in [0.5, 0.6) is 0 Å². The lowest BCUT2D eigenvalue weighted by Gasteiger charge is -2.09. The molecule has 0 aliphatic rings. The van der Waals surface area contributed by atoms with Gasteiger partial charge >= 0.3 is 6.18 Å². The van der Waals surface area contributed by atoms with Crippen molar-refractivity contribution < 1.29 is 18.0 Å². The molecule has 0 fully saturated rings. The van der Waals surface area contributed by atoms with E-state index in [-0.39, 0.29) is 5.91 Å². The van der Waals surface area contributed by atoms with Gasteiger partial charge < -0.3 is 5.32 Å². The molecule has 0 bridgehead atoms. The van der Waals surface area contributed by atoms with Crippen LogP contribution in [0.25, 0.3) is 0 Å². The van der Waals surface area contributed by atoms with E-state index in [4.69, 9.17) is 23.2 Å². The van der Waals surface area contributed by atoms with Gasteiger partial charge in [0.05, 0.1) is 15.6 Å². The summed E-state index contributed by atoms with van der Waals surface area (Å²) in [7, 11) is 0. The summed E-state index contributed by atoms with van der Waals surface area (Å²) in [5.41, 5.74) is 0.339. The van der Waals surface area contributed by atoms with Crippen LogP contribution in [0.2, 0.25) is 10.0 Å². The average molecular weight is 408 g/mol. The molecule has 0 aliphatic carbocycles. The van der Waals surface area contributed by atoms with E-state index in [1.165, 1.54) is 23.9 Å². The highest BCUT2D eigenvalue weighted by molar-refractivity contribution is 7.98. The van der Waals surface area contributed by atoms with Crippen LogP contribution in [0.1, 0.15) is 21.5 Å². The molecule has 0 atom stereocenters. The molecule has 1 amide bonds. The largest absolute Gasteiger partial charge is 0.416 e. The van der Waals surface area contributed by atoms with Crippen LogP contribution in [-0.2, 0) is 11.9 Å². The van der Waals surface area contributed by atoms with Gasteiger partial charge in [-0.15, -0.1) is 0 Å². The molecule has 0 heterocycles. The van der Waals surface area contributed by atoms with Gasteiger partial charge in [0, 0.05) is 23.6 Å². The summed E-state index contributed by atoms with van der Waals surface area (Å²) in [6, 6.07) is 9.82. The van der Waals surface area contributed by atoms with Gasteiger partial charge in [0.2, 0.25) is 0 Å². The topological polar surface area (TPSA) is 29.1 Å².